The van der Waals surface area contributed by atoms with Gasteiger partial charge in [-0.25, -0.2) is 4.79 Å². The van der Waals surface area contributed by atoms with E-state index in [1.54, 1.807) is 6.07 Å². The monoisotopic (exact) mass is 274 g/mol. The summed E-state index contributed by atoms with van der Waals surface area (Å²) in [6, 6.07) is 6.88. The Labute approximate surface area is 103 Å². The highest BCUT2D eigenvalue weighted by molar-refractivity contribution is 7.86. The zero-order chi connectivity index (χ0) is 13.8. The Hall–Kier alpha value is -1.93. The molecule has 0 aliphatic heterocycles. The first-order chi connectivity index (χ1) is 8.33. The number of hydrogen-bond donors (Lipinski definition) is 2. The maximum absolute atomic E-state index is 11.7. The summed E-state index contributed by atoms with van der Waals surface area (Å²) >= 11 is 0. The molecule has 98 valence electrons. The average Bonchev–Trinajstić information content (AvgIpc) is 2.28. The fourth-order valence-electron chi connectivity index (χ4n) is 1.12. The predicted molar refractivity (Wildman–Crippen MR) is 58.4 cm³/mol. The minimum atomic E-state index is -4.29. The Bertz CT molecular complexity index is 535. The van der Waals surface area contributed by atoms with Gasteiger partial charge in [-0.3, -0.25) is 8.98 Å². The van der Waals surface area contributed by atoms with Gasteiger partial charge in [-0.1, -0.05) is 18.2 Å². The Morgan fingerprint density at radius 2 is 1.72 bits per heavy atom. The summed E-state index contributed by atoms with van der Waals surface area (Å²) in [5, 5.41) is 17.1. The van der Waals surface area contributed by atoms with Gasteiger partial charge in [0.1, 0.15) is 0 Å². The van der Waals surface area contributed by atoms with Crippen molar-refractivity contribution in [2.24, 2.45) is 0 Å². The van der Waals surface area contributed by atoms with Gasteiger partial charge in [0, 0.05) is 0 Å². The van der Waals surface area contributed by atoms with E-state index in [0.29, 0.717) is 0 Å². The fraction of sp³-hybridized carbons (Fsp3) is 0.200. The van der Waals surface area contributed by atoms with Gasteiger partial charge in [0.15, 0.2) is 6.10 Å². The van der Waals surface area contributed by atoms with Gasteiger partial charge in [0.25, 0.3) is 10.1 Å². The summed E-state index contributed by atoms with van der Waals surface area (Å²) in [4.78, 5) is 20.9. The van der Waals surface area contributed by atoms with E-state index in [4.69, 9.17) is 10.2 Å². The molecular formula is C10H10O7S. The molecule has 7 nitrogen and oxygen atoms in total. The van der Waals surface area contributed by atoms with Crippen molar-refractivity contribution in [1.82, 2.24) is 0 Å². The maximum Gasteiger partial charge on any atom is 0.335 e. The van der Waals surface area contributed by atoms with Crippen LogP contribution in [0.25, 0.3) is 0 Å². The molecule has 0 heterocycles. The average molecular weight is 274 g/mol. The smallest absolute Gasteiger partial charge is 0.335 e. The zero-order valence-corrected chi connectivity index (χ0v) is 9.83. The Morgan fingerprint density at radius 3 is 2.17 bits per heavy atom. The minimum Gasteiger partial charge on any atom is -0.481 e. The highest BCUT2D eigenvalue weighted by Gasteiger charge is 2.29. The lowest BCUT2D eigenvalue weighted by Gasteiger charge is -2.11. The molecule has 0 spiro atoms. The third kappa shape index (κ3) is 3.82. The summed E-state index contributed by atoms with van der Waals surface area (Å²) in [5.74, 6) is -3.12. The lowest BCUT2D eigenvalue weighted by Crippen LogP contribution is -2.29. The molecular weight excluding hydrogens is 264 g/mol. The number of hydrogen-bond acceptors (Lipinski definition) is 5. The molecule has 0 aliphatic carbocycles. The molecule has 0 fully saturated rings. The van der Waals surface area contributed by atoms with Gasteiger partial charge >= 0.3 is 11.9 Å². The van der Waals surface area contributed by atoms with Crippen LogP contribution in [0, 0.1) is 0 Å². The van der Waals surface area contributed by atoms with Crippen molar-refractivity contribution >= 4 is 22.1 Å². The van der Waals surface area contributed by atoms with E-state index in [9.17, 15) is 18.0 Å². The molecule has 0 saturated carbocycles. The summed E-state index contributed by atoms with van der Waals surface area (Å²) in [6.07, 6.45) is -2.89. The second-order valence-electron chi connectivity index (χ2n) is 3.29. The summed E-state index contributed by atoms with van der Waals surface area (Å²) in [6.45, 7) is 0. The van der Waals surface area contributed by atoms with Gasteiger partial charge < -0.3 is 10.2 Å². The molecule has 0 aliphatic rings. The Balaban J connectivity index is 2.93. The second kappa shape index (κ2) is 5.61. The first kappa shape index (κ1) is 14.1. The molecule has 0 saturated heterocycles. The van der Waals surface area contributed by atoms with Crippen molar-refractivity contribution in [3.05, 3.63) is 30.3 Å². The SMILES string of the molecule is O=C(O)CC(OS(=O)(=O)c1ccccc1)C(=O)O. The quantitative estimate of drug-likeness (QED) is 0.717. The third-order valence-corrected chi connectivity index (χ3v) is 3.25. The van der Waals surface area contributed by atoms with Crippen LogP contribution in [0.4, 0.5) is 0 Å². The standard InChI is InChI=1S/C10H10O7S/c11-9(12)6-8(10(13)14)17-18(15,16)7-4-2-1-3-5-7/h1-5,8H,6H2,(H,11,12)(H,13,14). The van der Waals surface area contributed by atoms with Crippen LogP contribution in [-0.2, 0) is 23.9 Å². The summed E-state index contributed by atoms with van der Waals surface area (Å²) in [7, 11) is -4.29. The van der Waals surface area contributed by atoms with E-state index >= 15 is 0 Å². The van der Waals surface area contributed by atoms with Gasteiger partial charge in [0.2, 0.25) is 0 Å². The highest BCUT2D eigenvalue weighted by Crippen LogP contribution is 2.15. The third-order valence-electron chi connectivity index (χ3n) is 1.91. The van der Waals surface area contributed by atoms with Crippen LogP contribution >= 0.6 is 0 Å². The Kier molecular flexibility index (Phi) is 4.40. The van der Waals surface area contributed by atoms with Crippen LogP contribution in [-0.4, -0.2) is 36.7 Å². The fourth-order valence-corrected chi connectivity index (χ4v) is 2.17. The molecule has 0 radical (unpaired) electrons. The topological polar surface area (TPSA) is 118 Å². The lowest BCUT2D eigenvalue weighted by atomic mass is 10.3. The van der Waals surface area contributed by atoms with E-state index in [1.165, 1.54) is 24.3 Å². The number of carboxylic acid groups (broad SMARTS) is 2. The second-order valence-corrected chi connectivity index (χ2v) is 4.86. The van der Waals surface area contributed by atoms with E-state index in [2.05, 4.69) is 4.18 Å². The van der Waals surface area contributed by atoms with Crippen LogP contribution in [0.15, 0.2) is 35.2 Å². The molecule has 2 N–H and O–H groups in total. The van der Waals surface area contributed by atoms with Gasteiger partial charge in [-0.15, -0.1) is 0 Å². The number of rotatable bonds is 6. The first-order valence-corrected chi connectivity index (χ1v) is 6.16. The van der Waals surface area contributed by atoms with Crippen molar-refractivity contribution in [3.63, 3.8) is 0 Å². The van der Waals surface area contributed by atoms with Crippen molar-refractivity contribution in [1.29, 1.82) is 0 Å². The van der Waals surface area contributed by atoms with Crippen LogP contribution in [0.2, 0.25) is 0 Å². The van der Waals surface area contributed by atoms with Gasteiger partial charge in [0.05, 0.1) is 11.3 Å². The molecule has 18 heavy (non-hydrogen) atoms. The van der Waals surface area contributed by atoms with Crippen LogP contribution in [0.5, 0.6) is 0 Å². The minimum absolute atomic E-state index is 0.235. The Morgan fingerprint density at radius 1 is 1.17 bits per heavy atom. The largest absolute Gasteiger partial charge is 0.481 e. The van der Waals surface area contributed by atoms with Crippen molar-refractivity contribution < 1.29 is 32.4 Å². The maximum atomic E-state index is 11.7. The van der Waals surface area contributed by atoms with Crippen LogP contribution in [0.3, 0.4) is 0 Å². The van der Waals surface area contributed by atoms with E-state index < -0.39 is 34.6 Å². The molecule has 0 aromatic heterocycles. The predicted octanol–water partition coefficient (Wildman–Crippen LogP) is 0.320. The lowest BCUT2D eigenvalue weighted by molar-refractivity contribution is -0.151. The zero-order valence-electron chi connectivity index (χ0n) is 9.02. The number of carboxylic acids is 2. The number of aliphatic carboxylic acids is 2. The van der Waals surface area contributed by atoms with Crippen molar-refractivity contribution in [2.45, 2.75) is 17.4 Å². The van der Waals surface area contributed by atoms with Crippen LogP contribution < -0.4 is 0 Å². The van der Waals surface area contributed by atoms with E-state index in [-0.39, 0.29) is 4.90 Å². The number of carbonyl (C=O) groups is 2. The number of benzene rings is 1. The molecule has 0 bridgehead atoms. The molecule has 0 amide bonds. The first-order valence-electron chi connectivity index (χ1n) is 4.76. The molecule has 1 unspecified atom stereocenters. The normalized spacial score (nSPS) is 12.9. The van der Waals surface area contributed by atoms with E-state index in [1.807, 2.05) is 0 Å². The molecule has 1 aromatic rings. The molecule has 1 aromatic carbocycles. The highest BCUT2D eigenvalue weighted by atomic mass is 32.2. The van der Waals surface area contributed by atoms with Crippen molar-refractivity contribution in [2.75, 3.05) is 0 Å². The molecule has 1 atom stereocenters. The van der Waals surface area contributed by atoms with E-state index in [0.717, 1.165) is 0 Å². The molecule has 1 rings (SSSR count). The van der Waals surface area contributed by atoms with Crippen molar-refractivity contribution in [3.8, 4) is 0 Å². The van der Waals surface area contributed by atoms with Gasteiger partial charge in [-0.2, -0.15) is 8.42 Å². The van der Waals surface area contributed by atoms with Crippen LogP contribution in [0.1, 0.15) is 6.42 Å². The van der Waals surface area contributed by atoms with Gasteiger partial charge in [-0.05, 0) is 12.1 Å². The molecule has 8 heteroatoms. The summed E-state index contributed by atoms with van der Waals surface area (Å²) < 4.78 is 27.7. The summed E-state index contributed by atoms with van der Waals surface area (Å²) in [5.41, 5.74) is 0.